The molecule has 4 heteroatoms. The number of aliphatic hydroxyl groups excluding tert-OH is 1. The molecule has 4 nitrogen and oxygen atoms in total. The van der Waals surface area contributed by atoms with Crippen molar-refractivity contribution < 1.29 is 14.6 Å². The number of hydrogen-bond acceptors (Lipinski definition) is 4. The summed E-state index contributed by atoms with van der Waals surface area (Å²) in [7, 11) is 3.60. The van der Waals surface area contributed by atoms with Gasteiger partial charge in [0, 0.05) is 20.2 Å². The van der Waals surface area contributed by atoms with E-state index in [1.165, 1.54) is 0 Å². The van der Waals surface area contributed by atoms with E-state index in [0.29, 0.717) is 13.2 Å². The Bertz CT molecular complexity index is 131. The maximum absolute atomic E-state index is 9.52. The van der Waals surface area contributed by atoms with Crippen molar-refractivity contribution in [1.29, 1.82) is 0 Å². The quantitative estimate of drug-likeness (QED) is 0.617. The van der Waals surface area contributed by atoms with Crippen LogP contribution in [-0.2, 0) is 9.47 Å². The van der Waals surface area contributed by atoms with E-state index < -0.39 is 6.10 Å². The third-order valence-electron chi connectivity index (χ3n) is 2.06. The van der Waals surface area contributed by atoms with E-state index in [0.717, 1.165) is 13.1 Å². The summed E-state index contributed by atoms with van der Waals surface area (Å²) in [5.74, 6) is 0. The molecule has 0 aromatic carbocycles. The first kappa shape index (κ1) is 9.92. The fourth-order valence-electron chi connectivity index (χ4n) is 1.32. The number of ether oxygens (including phenoxy) is 2. The van der Waals surface area contributed by atoms with Crippen molar-refractivity contribution in [2.45, 2.75) is 12.2 Å². The molecular formula is C8H17NO3. The summed E-state index contributed by atoms with van der Waals surface area (Å²) >= 11 is 0. The predicted octanol–water partition coefficient (Wildman–Crippen LogP) is -0.676. The number of rotatable bonds is 3. The van der Waals surface area contributed by atoms with Crippen molar-refractivity contribution >= 4 is 0 Å². The van der Waals surface area contributed by atoms with E-state index in [4.69, 9.17) is 9.47 Å². The predicted molar refractivity (Wildman–Crippen MR) is 45.1 cm³/mol. The zero-order valence-electron chi connectivity index (χ0n) is 7.69. The van der Waals surface area contributed by atoms with Crippen molar-refractivity contribution in [2.24, 2.45) is 0 Å². The normalized spacial score (nSPS) is 28.8. The van der Waals surface area contributed by atoms with Crippen molar-refractivity contribution in [3.8, 4) is 0 Å². The molecule has 72 valence electrons. The Labute approximate surface area is 73.1 Å². The Morgan fingerprint density at radius 1 is 1.75 bits per heavy atom. The molecule has 1 aliphatic heterocycles. The molecule has 1 saturated heterocycles. The first-order valence-electron chi connectivity index (χ1n) is 4.21. The second kappa shape index (κ2) is 4.77. The average Bonchev–Trinajstić information content (AvgIpc) is 2.05. The van der Waals surface area contributed by atoms with Crippen LogP contribution in [0.25, 0.3) is 0 Å². The minimum absolute atomic E-state index is 0.0938. The highest BCUT2D eigenvalue weighted by molar-refractivity contribution is 4.75. The molecule has 0 bridgehead atoms. The highest BCUT2D eigenvalue weighted by Crippen LogP contribution is 2.07. The van der Waals surface area contributed by atoms with Gasteiger partial charge in [-0.15, -0.1) is 0 Å². The molecule has 0 aromatic rings. The Morgan fingerprint density at radius 3 is 3.08 bits per heavy atom. The number of aliphatic hydroxyl groups is 1. The molecule has 0 radical (unpaired) electrons. The molecule has 0 amide bonds. The fraction of sp³-hybridized carbons (Fsp3) is 1.00. The summed E-state index contributed by atoms with van der Waals surface area (Å²) in [6.07, 6.45) is -0.596. The third kappa shape index (κ3) is 2.71. The zero-order valence-corrected chi connectivity index (χ0v) is 7.69. The standard InChI is InChI=1S/C8H17NO3/c1-9-3-4-12-8(5-9)7(10)6-11-2/h7-8,10H,3-6H2,1-2H3. The van der Waals surface area contributed by atoms with Gasteiger partial charge in [-0.05, 0) is 7.05 Å². The number of hydrogen-bond donors (Lipinski definition) is 1. The minimum atomic E-state index is -0.502. The maximum atomic E-state index is 9.52. The van der Waals surface area contributed by atoms with E-state index >= 15 is 0 Å². The van der Waals surface area contributed by atoms with Gasteiger partial charge in [0.15, 0.2) is 0 Å². The van der Waals surface area contributed by atoms with Crippen molar-refractivity contribution in [3.05, 3.63) is 0 Å². The lowest BCUT2D eigenvalue weighted by atomic mass is 10.2. The van der Waals surface area contributed by atoms with Gasteiger partial charge in [-0.2, -0.15) is 0 Å². The van der Waals surface area contributed by atoms with E-state index in [2.05, 4.69) is 4.90 Å². The van der Waals surface area contributed by atoms with Crippen LogP contribution in [0.1, 0.15) is 0 Å². The van der Waals surface area contributed by atoms with E-state index in [-0.39, 0.29) is 6.10 Å². The molecule has 12 heavy (non-hydrogen) atoms. The average molecular weight is 175 g/mol. The number of morpholine rings is 1. The molecule has 0 aliphatic carbocycles. The van der Waals surface area contributed by atoms with Gasteiger partial charge in [-0.25, -0.2) is 0 Å². The van der Waals surface area contributed by atoms with Crippen LogP contribution in [0.15, 0.2) is 0 Å². The van der Waals surface area contributed by atoms with Crippen LogP contribution < -0.4 is 0 Å². The molecule has 0 spiro atoms. The summed E-state index contributed by atoms with van der Waals surface area (Å²) in [6.45, 7) is 2.77. The number of methoxy groups -OCH3 is 1. The van der Waals surface area contributed by atoms with E-state index in [9.17, 15) is 5.11 Å². The topological polar surface area (TPSA) is 41.9 Å². The fourth-order valence-corrected chi connectivity index (χ4v) is 1.32. The molecule has 0 saturated carbocycles. The monoisotopic (exact) mass is 175 g/mol. The van der Waals surface area contributed by atoms with Crippen molar-refractivity contribution in [2.75, 3.05) is 40.5 Å². The molecule has 1 fully saturated rings. The SMILES string of the molecule is COCC(O)C1CN(C)CCO1. The maximum Gasteiger partial charge on any atom is 0.105 e. The highest BCUT2D eigenvalue weighted by Gasteiger charge is 2.24. The van der Waals surface area contributed by atoms with Crippen LogP contribution in [0.4, 0.5) is 0 Å². The van der Waals surface area contributed by atoms with Crippen LogP contribution in [-0.4, -0.2) is 62.7 Å². The van der Waals surface area contributed by atoms with Gasteiger partial charge in [0.25, 0.3) is 0 Å². The second-order valence-electron chi connectivity index (χ2n) is 3.19. The first-order chi connectivity index (χ1) is 5.74. The number of nitrogens with zero attached hydrogens (tertiary/aromatic N) is 1. The Hall–Kier alpha value is -0.160. The van der Waals surface area contributed by atoms with Gasteiger partial charge >= 0.3 is 0 Å². The molecule has 1 aliphatic rings. The molecule has 1 heterocycles. The second-order valence-corrected chi connectivity index (χ2v) is 3.19. The van der Waals surface area contributed by atoms with Gasteiger partial charge in [-0.3, -0.25) is 0 Å². The van der Waals surface area contributed by atoms with Crippen LogP contribution in [0.2, 0.25) is 0 Å². The van der Waals surface area contributed by atoms with E-state index in [1.54, 1.807) is 7.11 Å². The van der Waals surface area contributed by atoms with E-state index in [1.807, 2.05) is 7.05 Å². The molecule has 0 aromatic heterocycles. The van der Waals surface area contributed by atoms with Gasteiger partial charge in [0.1, 0.15) is 6.10 Å². The molecule has 2 atom stereocenters. The lowest BCUT2D eigenvalue weighted by molar-refractivity contribution is -0.101. The minimum Gasteiger partial charge on any atom is -0.388 e. The van der Waals surface area contributed by atoms with Crippen LogP contribution in [0.5, 0.6) is 0 Å². The van der Waals surface area contributed by atoms with Gasteiger partial charge in [0.2, 0.25) is 0 Å². The van der Waals surface area contributed by atoms with Gasteiger partial charge < -0.3 is 19.5 Å². The number of likely N-dealkylation sites (N-methyl/N-ethyl adjacent to an activating group) is 1. The first-order valence-corrected chi connectivity index (χ1v) is 4.21. The Morgan fingerprint density at radius 2 is 2.50 bits per heavy atom. The smallest absolute Gasteiger partial charge is 0.105 e. The third-order valence-corrected chi connectivity index (χ3v) is 2.06. The van der Waals surface area contributed by atoms with Crippen LogP contribution >= 0.6 is 0 Å². The molecule has 2 unspecified atom stereocenters. The van der Waals surface area contributed by atoms with Crippen LogP contribution in [0, 0.1) is 0 Å². The summed E-state index contributed by atoms with van der Waals surface area (Å²) in [6, 6.07) is 0. The zero-order chi connectivity index (χ0) is 8.97. The Kier molecular flexibility index (Phi) is 3.94. The van der Waals surface area contributed by atoms with Gasteiger partial charge in [-0.1, -0.05) is 0 Å². The van der Waals surface area contributed by atoms with Crippen LogP contribution in [0.3, 0.4) is 0 Å². The lowest BCUT2D eigenvalue weighted by Crippen LogP contribution is -2.47. The molecule has 1 rings (SSSR count). The highest BCUT2D eigenvalue weighted by atomic mass is 16.5. The summed E-state index contributed by atoms with van der Waals surface area (Å²) in [5.41, 5.74) is 0. The Balaban J connectivity index is 2.29. The molecular weight excluding hydrogens is 158 g/mol. The summed E-state index contributed by atoms with van der Waals surface area (Å²) in [5, 5.41) is 9.52. The summed E-state index contributed by atoms with van der Waals surface area (Å²) < 4.78 is 10.2. The van der Waals surface area contributed by atoms with Crippen molar-refractivity contribution in [3.63, 3.8) is 0 Å². The lowest BCUT2D eigenvalue weighted by Gasteiger charge is -2.32. The largest absolute Gasteiger partial charge is 0.388 e. The van der Waals surface area contributed by atoms with Gasteiger partial charge in [0.05, 0.1) is 19.3 Å². The molecule has 1 N–H and O–H groups in total. The summed E-state index contributed by atoms with van der Waals surface area (Å²) in [4.78, 5) is 2.15. The van der Waals surface area contributed by atoms with Crippen molar-refractivity contribution in [1.82, 2.24) is 4.90 Å².